The molecule has 4 nitrogen and oxygen atoms in total. The lowest BCUT2D eigenvalue weighted by Crippen LogP contribution is -2.30. The molecule has 1 unspecified atom stereocenters. The second kappa shape index (κ2) is 6.34. The van der Waals surface area contributed by atoms with Gasteiger partial charge in [0.15, 0.2) is 0 Å². The van der Waals surface area contributed by atoms with Crippen molar-refractivity contribution in [3.05, 3.63) is 54.6 Å². The summed E-state index contributed by atoms with van der Waals surface area (Å²) in [4.78, 5) is 9.50. The molecule has 0 aliphatic rings. The van der Waals surface area contributed by atoms with Crippen molar-refractivity contribution in [1.82, 2.24) is 15.4 Å². The Bertz CT molecular complexity index is 435. The maximum atomic E-state index is 5.54. The van der Waals surface area contributed by atoms with Crippen LogP contribution in [0.25, 0.3) is 0 Å². The van der Waals surface area contributed by atoms with Crippen molar-refractivity contribution in [1.29, 1.82) is 0 Å². The van der Waals surface area contributed by atoms with E-state index in [4.69, 9.17) is 5.84 Å². The van der Waals surface area contributed by atoms with Gasteiger partial charge >= 0.3 is 0 Å². The zero-order chi connectivity index (χ0) is 11.9. The molecule has 1 aromatic heterocycles. The molecule has 3 N–H and O–H groups in total. The molecule has 2 rings (SSSR count). The molecule has 1 heterocycles. The van der Waals surface area contributed by atoms with Gasteiger partial charge in [0.1, 0.15) is 0 Å². The summed E-state index contributed by atoms with van der Waals surface area (Å²) >= 11 is 1.74. The lowest BCUT2D eigenvalue weighted by molar-refractivity contribution is 0.592. The van der Waals surface area contributed by atoms with E-state index >= 15 is 0 Å². The minimum Gasteiger partial charge on any atom is -0.271 e. The van der Waals surface area contributed by atoms with Crippen LogP contribution in [0.15, 0.2) is 53.8 Å². The van der Waals surface area contributed by atoms with Crippen molar-refractivity contribution in [2.45, 2.75) is 10.9 Å². The third kappa shape index (κ3) is 3.52. The zero-order valence-corrected chi connectivity index (χ0v) is 10.1. The predicted molar refractivity (Wildman–Crippen MR) is 69.3 cm³/mol. The van der Waals surface area contributed by atoms with Gasteiger partial charge in [-0.1, -0.05) is 18.2 Å². The first-order valence-electron chi connectivity index (χ1n) is 5.30. The second-order valence-electron chi connectivity index (χ2n) is 3.47. The number of nitrogens with two attached hydrogens (primary N) is 1. The Labute approximate surface area is 105 Å². The minimum atomic E-state index is 0.00825. The first-order chi connectivity index (χ1) is 8.40. The molecule has 0 aliphatic heterocycles. The SMILES string of the molecule is NNC(CSc1ccccc1)c1cnccn1. The molecule has 2 aromatic rings. The Morgan fingerprint density at radius 2 is 2.06 bits per heavy atom. The highest BCUT2D eigenvalue weighted by atomic mass is 32.2. The highest BCUT2D eigenvalue weighted by Gasteiger charge is 2.11. The van der Waals surface area contributed by atoms with Gasteiger partial charge in [-0.05, 0) is 12.1 Å². The Balaban J connectivity index is 1.97. The van der Waals surface area contributed by atoms with Crippen LogP contribution in [-0.4, -0.2) is 15.7 Å². The fourth-order valence-electron chi connectivity index (χ4n) is 1.41. The van der Waals surface area contributed by atoms with Gasteiger partial charge < -0.3 is 0 Å². The van der Waals surface area contributed by atoms with Gasteiger partial charge in [-0.3, -0.25) is 21.2 Å². The summed E-state index contributed by atoms with van der Waals surface area (Å²) in [6.45, 7) is 0. The van der Waals surface area contributed by atoms with E-state index in [9.17, 15) is 0 Å². The van der Waals surface area contributed by atoms with E-state index < -0.39 is 0 Å². The molecular formula is C12H14N4S. The lowest BCUT2D eigenvalue weighted by Gasteiger charge is -2.14. The van der Waals surface area contributed by atoms with Crippen LogP contribution < -0.4 is 11.3 Å². The molecule has 1 atom stereocenters. The van der Waals surface area contributed by atoms with E-state index in [1.165, 1.54) is 4.90 Å². The summed E-state index contributed by atoms with van der Waals surface area (Å²) in [5.74, 6) is 6.36. The van der Waals surface area contributed by atoms with Crippen LogP contribution in [0.5, 0.6) is 0 Å². The number of hydrogen-bond acceptors (Lipinski definition) is 5. The second-order valence-corrected chi connectivity index (χ2v) is 4.57. The fraction of sp³-hybridized carbons (Fsp3) is 0.167. The number of thioether (sulfide) groups is 1. The van der Waals surface area contributed by atoms with Gasteiger partial charge in [0, 0.05) is 23.0 Å². The Morgan fingerprint density at radius 3 is 2.71 bits per heavy atom. The third-order valence-corrected chi connectivity index (χ3v) is 3.41. The van der Waals surface area contributed by atoms with E-state index in [0.29, 0.717) is 0 Å². The van der Waals surface area contributed by atoms with Crippen molar-refractivity contribution in [3.8, 4) is 0 Å². The molecule has 5 heteroatoms. The highest BCUT2D eigenvalue weighted by molar-refractivity contribution is 7.99. The molecule has 88 valence electrons. The summed E-state index contributed by atoms with van der Waals surface area (Å²) in [6, 6.07) is 10.2. The van der Waals surface area contributed by atoms with Crippen LogP contribution in [-0.2, 0) is 0 Å². The van der Waals surface area contributed by atoms with Gasteiger partial charge in [0.05, 0.1) is 17.9 Å². The zero-order valence-electron chi connectivity index (χ0n) is 9.28. The molecule has 17 heavy (non-hydrogen) atoms. The van der Waals surface area contributed by atoms with E-state index in [1.54, 1.807) is 30.4 Å². The van der Waals surface area contributed by atoms with E-state index in [-0.39, 0.29) is 6.04 Å². The van der Waals surface area contributed by atoms with Gasteiger partial charge in [0.25, 0.3) is 0 Å². The van der Waals surface area contributed by atoms with Crippen molar-refractivity contribution in [2.75, 3.05) is 5.75 Å². The van der Waals surface area contributed by atoms with Gasteiger partial charge in [-0.15, -0.1) is 11.8 Å². The van der Waals surface area contributed by atoms with Crippen LogP contribution in [0.2, 0.25) is 0 Å². The summed E-state index contributed by atoms with van der Waals surface area (Å²) < 4.78 is 0. The molecule has 0 bridgehead atoms. The molecule has 1 aromatic carbocycles. The molecule has 0 aliphatic carbocycles. The average molecular weight is 246 g/mol. The topological polar surface area (TPSA) is 63.8 Å². The molecule has 0 saturated carbocycles. The standard InChI is InChI=1S/C12H14N4S/c13-16-12(11-8-14-6-7-15-11)9-17-10-4-2-1-3-5-10/h1-8,12,16H,9,13H2. The van der Waals surface area contributed by atoms with Crippen molar-refractivity contribution in [3.63, 3.8) is 0 Å². The van der Waals surface area contributed by atoms with Crippen LogP contribution in [0.3, 0.4) is 0 Å². The third-order valence-electron chi connectivity index (χ3n) is 2.30. The number of rotatable bonds is 5. The number of hydrogen-bond donors (Lipinski definition) is 2. The monoisotopic (exact) mass is 246 g/mol. The molecule has 0 radical (unpaired) electrons. The summed E-state index contributed by atoms with van der Waals surface area (Å²) in [5.41, 5.74) is 3.62. The largest absolute Gasteiger partial charge is 0.271 e. The molecular weight excluding hydrogens is 232 g/mol. The number of hydrazine groups is 1. The highest BCUT2D eigenvalue weighted by Crippen LogP contribution is 2.22. The van der Waals surface area contributed by atoms with Crippen LogP contribution in [0, 0.1) is 0 Å². The van der Waals surface area contributed by atoms with Gasteiger partial charge in [-0.2, -0.15) is 0 Å². The van der Waals surface area contributed by atoms with E-state index in [1.807, 2.05) is 18.2 Å². The maximum Gasteiger partial charge on any atom is 0.0778 e. The molecule has 0 fully saturated rings. The normalized spacial score (nSPS) is 12.3. The number of benzene rings is 1. The van der Waals surface area contributed by atoms with Crippen LogP contribution in [0.4, 0.5) is 0 Å². The Kier molecular flexibility index (Phi) is 4.49. The van der Waals surface area contributed by atoms with Crippen LogP contribution in [0.1, 0.15) is 11.7 Å². The van der Waals surface area contributed by atoms with E-state index in [2.05, 4.69) is 27.5 Å². The average Bonchev–Trinajstić information content (AvgIpc) is 2.42. The maximum absolute atomic E-state index is 5.54. The minimum absolute atomic E-state index is 0.00825. The number of aromatic nitrogens is 2. The lowest BCUT2D eigenvalue weighted by atomic mass is 10.2. The Hall–Kier alpha value is -1.43. The summed E-state index contributed by atoms with van der Waals surface area (Å²) in [6.07, 6.45) is 5.06. The first-order valence-corrected chi connectivity index (χ1v) is 6.28. The van der Waals surface area contributed by atoms with Gasteiger partial charge in [0.2, 0.25) is 0 Å². The van der Waals surface area contributed by atoms with Crippen molar-refractivity contribution in [2.24, 2.45) is 5.84 Å². The molecule has 0 spiro atoms. The number of nitrogens with zero attached hydrogens (tertiary/aromatic N) is 2. The summed E-state index contributed by atoms with van der Waals surface area (Å²) in [7, 11) is 0. The van der Waals surface area contributed by atoms with Crippen LogP contribution >= 0.6 is 11.8 Å². The molecule has 0 saturated heterocycles. The predicted octanol–water partition coefficient (Wildman–Crippen LogP) is 1.77. The van der Waals surface area contributed by atoms with Crippen molar-refractivity contribution < 1.29 is 0 Å². The van der Waals surface area contributed by atoms with Gasteiger partial charge in [-0.25, -0.2) is 0 Å². The number of nitrogens with one attached hydrogen (secondary N) is 1. The molecule has 0 amide bonds. The quantitative estimate of drug-likeness (QED) is 0.478. The van der Waals surface area contributed by atoms with Crippen molar-refractivity contribution >= 4 is 11.8 Å². The fourth-order valence-corrected chi connectivity index (χ4v) is 2.38. The van der Waals surface area contributed by atoms with E-state index in [0.717, 1.165) is 11.4 Å². The summed E-state index contributed by atoms with van der Waals surface area (Å²) in [5, 5.41) is 0. The first kappa shape index (κ1) is 12.0. The smallest absolute Gasteiger partial charge is 0.0778 e. The Morgan fingerprint density at radius 1 is 1.24 bits per heavy atom.